The lowest BCUT2D eigenvalue weighted by Gasteiger charge is -2.40. The summed E-state index contributed by atoms with van der Waals surface area (Å²) in [6, 6.07) is 10.5. The number of sulfonamides is 2. The van der Waals surface area contributed by atoms with E-state index in [-0.39, 0.29) is 27.7 Å². The Balaban J connectivity index is 1.83. The number of nitrogens with zero attached hydrogens (tertiary/aromatic N) is 1. The molecule has 1 aliphatic carbocycles. The first-order valence-corrected chi connectivity index (χ1v) is 14.5. The molecule has 2 aromatic carbocycles. The van der Waals surface area contributed by atoms with Crippen LogP contribution in [0.4, 0.5) is 11.4 Å². The van der Waals surface area contributed by atoms with Crippen molar-refractivity contribution in [3.63, 3.8) is 0 Å². The fourth-order valence-electron chi connectivity index (χ4n) is 4.58. The van der Waals surface area contributed by atoms with E-state index < -0.39 is 43.1 Å². The molecular weight excluding hydrogens is 508 g/mol. The maximum absolute atomic E-state index is 14.0. The standard InChI is InChI=1S/C23H26N4O7S2/c1-4-5-12-23(27-34-2)16-9-7-6-8-15(16)20(28)19(21(23)29)22-24-17-11-10-14(25-35(3,30)31)13-18(17)36(32,33)26-22/h6-11,13,19,25,27H,4-5,12H2,1-3H3,(H,24,26). The Labute approximate surface area is 209 Å². The van der Waals surface area contributed by atoms with Crippen LogP contribution in [0.3, 0.4) is 0 Å². The summed E-state index contributed by atoms with van der Waals surface area (Å²) in [4.78, 5) is 32.5. The van der Waals surface area contributed by atoms with Gasteiger partial charge in [-0.25, -0.2) is 8.42 Å². The molecule has 2 aromatic rings. The van der Waals surface area contributed by atoms with Crippen molar-refractivity contribution >= 4 is 48.8 Å². The quantitative estimate of drug-likeness (QED) is 0.341. The molecule has 0 saturated carbocycles. The van der Waals surface area contributed by atoms with Crippen LogP contribution in [0, 0.1) is 5.92 Å². The summed E-state index contributed by atoms with van der Waals surface area (Å²) in [5.74, 6) is -3.02. The van der Waals surface area contributed by atoms with Crippen LogP contribution in [0.15, 0.2) is 51.8 Å². The van der Waals surface area contributed by atoms with Crippen molar-refractivity contribution in [1.82, 2.24) is 5.48 Å². The summed E-state index contributed by atoms with van der Waals surface area (Å²) in [5.41, 5.74) is 2.23. The highest BCUT2D eigenvalue weighted by Crippen LogP contribution is 2.41. The lowest BCUT2D eigenvalue weighted by molar-refractivity contribution is -0.134. The zero-order valence-electron chi connectivity index (χ0n) is 19.9. The van der Waals surface area contributed by atoms with E-state index in [2.05, 4.69) is 19.9 Å². The van der Waals surface area contributed by atoms with E-state index in [1.54, 1.807) is 24.3 Å². The molecule has 3 N–H and O–H groups in total. The summed E-state index contributed by atoms with van der Waals surface area (Å²) >= 11 is 0. The maximum Gasteiger partial charge on any atom is 0.286 e. The van der Waals surface area contributed by atoms with Crippen LogP contribution < -0.4 is 15.5 Å². The van der Waals surface area contributed by atoms with E-state index in [1.165, 1.54) is 19.2 Å². The van der Waals surface area contributed by atoms with Crippen LogP contribution in [-0.2, 0) is 35.2 Å². The van der Waals surface area contributed by atoms with Gasteiger partial charge in [-0.3, -0.25) is 14.3 Å². The van der Waals surface area contributed by atoms with Crippen LogP contribution in [0.5, 0.6) is 0 Å². The smallest absolute Gasteiger partial charge is 0.286 e. The Morgan fingerprint density at radius 1 is 1.17 bits per heavy atom. The first kappa shape index (κ1) is 25.9. The molecular formula is C23H26N4O7S2. The number of anilines is 2. The van der Waals surface area contributed by atoms with E-state index in [0.29, 0.717) is 18.4 Å². The number of Topliss-reactive ketones (excluding diaryl/α,β-unsaturated/α-hetero) is 2. The second-order valence-corrected chi connectivity index (χ2v) is 12.0. The molecule has 0 saturated heterocycles. The topological polar surface area (TPSA) is 160 Å². The van der Waals surface area contributed by atoms with Crippen LogP contribution in [0.2, 0.25) is 0 Å². The molecule has 13 heteroatoms. The van der Waals surface area contributed by atoms with Crippen molar-refractivity contribution in [3.05, 3.63) is 53.6 Å². The lowest BCUT2D eigenvalue weighted by atomic mass is 9.67. The monoisotopic (exact) mass is 534 g/mol. The van der Waals surface area contributed by atoms with Gasteiger partial charge in [-0.15, -0.1) is 4.40 Å². The number of hydrogen-bond acceptors (Lipinski definition) is 9. The number of hydrogen-bond donors (Lipinski definition) is 3. The summed E-state index contributed by atoms with van der Waals surface area (Å²) in [6.45, 7) is 1.96. The Bertz CT molecular complexity index is 1490. The molecule has 0 aromatic heterocycles. The molecule has 4 rings (SSSR count). The van der Waals surface area contributed by atoms with Crippen molar-refractivity contribution in [2.24, 2.45) is 10.3 Å². The molecule has 1 heterocycles. The van der Waals surface area contributed by atoms with Gasteiger partial charge >= 0.3 is 0 Å². The van der Waals surface area contributed by atoms with Crippen molar-refractivity contribution in [2.75, 3.05) is 23.4 Å². The lowest BCUT2D eigenvalue weighted by Crippen LogP contribution is -2.59. The zero-order valence-corrected chi connectivity index (χ0v) is 21.5. The maximum atomic E-state index is 14.0. The van der Waals surface area contributed by atoms with Crippen molar-refractivity contribution < 1.29 is 31.3 Å². The van der Waals surface area contributed by atoms with Crippen molar-refractivity contribution in [2.45, 2.75) is 36.6 Å². The van der Waals surface area contributed by atoms with Crippen LogP contribution in [0.1, 0.15) is 42.1 Å². The molecule has 36 heavy (non-hydrogen) atoms. The molecule has 11 nitrogen and oxygen atoms in total. The number of unbranched alkanes of at least 4 members (excludes halogenated alkanes) is 1. The summed E-state index contributed by atoms with van der Waals surface area (Å²) < 4.78 is 55.3. The highest BCUT2D eigenvalue weighted by Gasteiger charge is 2.54. The minimum Gasteiger partial charge on any atom is -0.341 e. The van der Waals surface area contributed by atoms with Crippen LogP contribution >= 0.6 is 0 Å². The summed E-state index contributed by atoms with van der Waals surface area (Å²) in [6.07, 6.45) is 2.65. The first-order chi connectivity index (χ1) is 16.9. The Kier molecular flexibility index (Phi) is 6.77. The van der Waals surface area contributed by atoms with Crippen LogP contribution in [-0.4, -0.2) is 47.6 Å². The van der Waals surface area contributed by atoms with E-state index >= 15 is 0 Å². The number of carbonyl (C=O) groups is 2. The predicted octanol–water partition coefficient (Wildman–Crippen LogP) is 2.19. The molecule has 0 bridgehead atoms. The van der Waals surface area contributed by atoms with E-state index in [9.17, 15) is 26.4 Å². The molecule has 1 aliphatic heterocycles. The number of benzene rings is 2. The van der Waals surface area contributed by atoms with Gasteiger partial charge in [0.05, 0.1) is 19.1 Å². The van der Waals surface area contributed by atoms with Gasteiger partial charge < -0.3 is 10.2 Å². The highest BCUT2D eigenvalue weighted by molar-refractivity contribution is 7.92. The van der Waals surface area contributed by atoms with Gasteiger partial charge in [0.15, 0.2) is 11.6 Å². The Morgan fingerprint density at radius 2 is 1.89 bits per heavy atom. The molecule has 2 atom stereocenters. The third-order valence-corrected chi connectivity index (χ3v) is 8.03. The van der Waals surface area contributed by atoms with E-state index in [0.717, 1.165) is 18.7 Å². The van der Waals surface area contributed by atoms with Crippen molar-refractivity contribution in [1.29, 1.82) is 0 Å². The molecule has 0 radical (unpaired) electrons. The van der Waals surface area contributed by atoms with Gasteiger partial charge in [0, 0.05) is 11.3 Å². The first-order valence-electron chi connectivity index (χ1n) is 11.2. The summed E-state index contributed by atoms with van der Waals surface area (Å²) in [5, 5.41) is 2.82. The largest absolute Gasteiger partial charge is 0.341 e. The fourth-order valence-corrected chi connectivity index (χ4v) is 6.32. The number of amidine groups is 1. The molecule has 2 unspecified atom stereocenters. The second-order valence-electron chi connectivity index (χ2n) is 8.68. The molecule has 0 spiro atoms. The summed E-state index contributed by atoms with van der Waals surface area (Å²) in [7, 11) is -6.65. The van der Waals surface area contributed by atoms with E-state index in [1.807, 2.05) is 6.92 Å². The fraction of sp³-hybridized carbons (Fsp3) is 0.348. The Morgan fingerprint density at radius 3 is 2.56 bits per heavy atom. The van der Waals surface area contributed by atoms with Gasteiger partial charge in [-0.2, -0.15) is 13.9 Å². The van der Waals surface area contributed by atoms with E-state index in [4.69, 9.17) is 4.84 Å². The van der Waals surface area contributed by atoms with Gasteiger partial charge in [0.2, 0.25) is 10.0 Å². The minimum absolute atomic E-state index is 0.0295. The third kappa shape index (κ3) is 4.54. The number of fused-ring (bicyclic) bond motifs is 2. The predicted molar refractivity (Wildman–Crippen MR) is 134 cm³/mol. The number of ketones is 2. The van der Waals surface area contributed by atoms with Gasteiger partial charge in [0.25, 0.3) is 10.0 Å². The zero-order chi connectivity index (χ0) is 26.3. The Hall–Kier alpha value is -3.13. The third-order valence-electron chi connectivity index (χ3n) is 6.10. The second kappa shape index (κ2) is 9.39. The number of hydroxylamine groups is 1. The van der Waals surface area contributed by atoms with Crippen LogP contribution in [0.25, 0.3) is 0 Å². The number of carbonyl (C=O) groups excluding carboxylic acids is 2. The average Bonchev–Trinajstić information content (AvgIpc) is 2.80. The van der Waals surface area contributed by atoms with Crippen molar-refractivity contribution in [3.8, 4) is 0 Å². The van der Waals surface area contributed by atoms with Gasteiger partial charge in [-0.1, -0.05) is 44.0 Å². The molecule has 2 aliphatic rings. The number of nitrogens with one attached hydrogen (secondary N) is 3. The molecule has 192 valence electrons. The van der Waals surface area contributed by atoms with Gasteiger partial charge in [-0.05, 0) is 30.2 Å². The minimum atomic E-state index is -4.37. The SMILES string of the molecule is CCCCC1(NOC)C(=O)C(C2=NS(=O)(=O)c3cc(NS(C)(=O)=O)ccc3N2)C(=O)c2ccccc21. The highest BCUT2D eigenvalue weighted by atomic mass is 32.2. The van der Waals surface area contributed by atoms with Gasteiger partial charge in [0.1, 0.15) is 22.2 Å². The molecule has 0 fully saturated rings. The number of rotatable bonds is 8. The molecule has 0 amide bonds. The average molecular weight is 535 g/mol. The normalized spacial score (nSPS) is 22.8.